The van der Waals surface area contributed by atoms with Crippen molar-refractivity contribution in [3.05, 3.63) is 54.3 Å². The van der Waals surface area contributed by atoms with Crippen molar-refractivity contribution in [2.45, 2.75) is 26.7 Å². The molecule has 0 spiro atoms. The highest BCUT2D eigenvalue weighted by Gasteiger charge is 2.15. The van der Waals surface area contributed by atoms with Crippen LogP contribution in [0.1, 0.15) is 32.3 Å². The molecule has 0 aliphatic heterocycles. The summed E-state index contributed by atoms with van der Waals surface area (Å²) in [5, 5.41) is 3.88. The van der Waals surface area contributed by atoms with E-state index in [0.717, 1.165) is 51.8 Å². The normalized spacial score (nSPS) is 11.5. The summed E-state index contributed by atoms with van der Waals surface area (Å²) in [5.74, 6) is 1.38. The quantitative estimate of drug-likeness (QED) is 0.409. The first-order valence-corrected chi connectivity index (χ1v) is 9.77. The van der Waals surface area contributed by atoms with Crippen LogP contribution in [0.3, 0.4) is 0 Å². The van der Waals surface area contributed by atoms with E-state index in [9.17, 15) is 4.79 Å². The molecule has 2 aromatic carbocycles. The molecule has 0 radical (unpaired) electrons. The van der Waals surface area contributed by atoms with Crippen LogP contribution < -0.4 is 14.8 Å². The van der Waals surface area contributed by atoms with Gasteiger partial charge in [0.05, 0.1) is 20.5 Å². The van der Waals surface area contributed by atoms with E-state index in [4.69, 9.17) is 13.9 Å². The molecule has 29 heavy (non-hydrogen) atoms. The average molecular weight is 393 g/mol. The number of methoxy groups -OCH3 is 2. The van der Waals surface area contributed by atoms with E-state index in [-0.39, 0.29) is 5.91 Å². The van der Waals surface area contributed by atoms with Crippen LogP contribution in [0.15, 0.2) is 53.2 Å². The lowest BCUT2D eigenvalue weighted by molar-refractivity contribution is -0.116. The molecule has 0 bridgehead atoms. The fraction of sp³-hybridized carbons (Fsp3) is 0.292. The number of amides is 1. The number of hydrogen-bond acceptors (Lipinski definition) is 4. The van der Waals surface area contributed by atoms with Crippen molar-refractivity contribution >= 4 is 22.4 Å². The van der Waals surface area contributed by atoms with Crippen molar-refractivity contribution in [2.75, 3.05) is 20.8 Å². The molecule has 152 valence electrons. The number of carbonyl (C=O) groups is 1. The fourth-order valence-corrected chi connectivity index (χ4v) is 3.24. The zero-order chi connectivity index (χ0) is 20.8. The Morgan fingerprint density at radius 3 is 2.55 bits per heavy atom. The van der Waals surface area contributed by atoms with Crippen molar-refractivity contribution in [3.8, 4) is 22.6 Å². The number of furan rings is 1. The minimum atomic E-state index is -0.0966. The molecule has 5 heteroatoms. The van der Waals surface area contributed by atoms with E-state index < -0.39 is 0 Å². The number of hydrogen-bond donors (Lipinski definition) is 1. The van der Waals surface area contributed by atoms with Crippen LogP contribution in [-0.2, 0) is 4.79 Å². The molecular weight excluding hydrogens is 366 g/mol. The predicted molar refractivity (Wildman–Crippen MR) is 116 cm³/mol. The number of nitrogens with one attached hydrogen (secondary N) is 1. The van der Waals surface area contributed by atoms with Crippen LogP contribution >= 0.6 is 0 Å². The fourth-order valence-electron chi connectivity index (χ4n) is 3.24. The second-order valence-electron chi connectivity index (χ2n) is 6.90. The Kier molecular flexibility index (Phi) is 6.60. The maximum atomic E-state index is 12.2. The number of rotatable bonds is 8. The zero-order valence-corrected chi connectivity index (χ0v) is 17.4. The first-order valence-electron chi connectivity index (χ1n) is 9.77. The van der Waals surface area contributed by atoms with Gasteiger partial charge in [-0.2, -0.15) is 0 Å². The maximum absolute atomic E-state index is 12.2. The highest BCUT2D eigenvalue weighted by molar-refractivity contribution is 6.00. The van der Waals surface area contributed by atoms with E-state index in [2.05, 4.69) is 12.2 Å². The molecular formula is C24H27NO4. The Morgan fingerprint density at radius 1 is 1.14 bits per heavy atom. The summed E-state index contributed by atoms with van der Waals surface area (Å²) in [6, 6.07) is 11.7. The van der Waals surface area contributed by atoms with Crippen LogP contribution in [0.4, 0.5) is 0 Å². The summed E-state index contributed by atoms with van der Waals surface area (Å²) in [5.41, 5.74) is 4.43. The molecule has 3 aromatic rings. The number of fused-ring (bicyclic) bond motifs is 1. The molecule has 0 saturated carbocycles. The molecule has 0 aliphatic carbocycles. The van der Waals surface area contributed by atoms with Crippen LogP contribution in [0.2, 0.25) is 0 Å². The molecule has 1 aromatic heterocycles. The number of ether oxygens (including phenoxy) is 2. The SMILES string of the molecule is CCCCNC(=O)/C=C(\C)c1cc2c(-c3ccc(OC)cc3)coc2cc1OC. The molecule has 1 amide bonds. The van der Waals surface area contributed by atoms with Gasteiger partial charge >= 0.3 is 0 Å². The number of carbonyl (C=O) groups excluding carboxylic acids is 1. The third-order valence-electron chi connectivity index (χ3n) is 4.90. The molecule has 0 atom stereocenters. The number of benzene rings is 2. The molecule has 1 N–H and O–H groups in total. The lowest BCUT2D eigenvalue weighted by atomic mass is 9.99. The van der Waals surface area contributed by atoms with Crippen LogP contribution in [0.5, 0.6) is 11.5 Å². The number of unbranched alkanes of at least 4 members (excludes halogenated alkanes) is 1. The van der Waals surface area contributed by atoms with Crippen LogP contribution in [0, 0.1) is 0 Å². The van der Waals surface area contributed by atoms with E-state index in [1.54, 1.807) is 26.6 Å². The van der Waals surface area contributed by atoms with Gasteiger partial charge in [-0.15, -0.1) is 0 Å². The third-order valence-corrected chi connectivity index (χ3v) is 4.90. The van der Waals surface area contributed by atoms with Gasteiger partial charge in [0.15, 0.2) is 0 Å². The monoisotopic (exact) mass is 393 g/mol. The van der Waals surface area contributed by atoms with Crippen LogP contribution in [-0.4, -0.2) is 26.7 Å². The maximum Gasteiger partial charge on any atom is 0.244 e. The Bertz CT molecular complexity index is 1020. The Labute approximate surface area is 171 Å². The minimum Gasteiger partial charge on any atom is -0.497 e. The van der Waals surface area contributed by atoms with Gasteiger partial charge in [0, 0.05) is 35.2 Å². The van der Waals surface area contributed by atoms with Gasteiger partial charge in [-0.05, 0) is 42.7 Å². The predicted octanol–water partition coefficient (Wildman–Crippen LogP) is 5.44. The minimum absolute atomic E-state index is 0.0966. The lowest BCUT2D eigenvalue weighted by Crippen LogP contribution is -2.22. The second-order valence-corrected chi connectivity index (χ2v) is 6.90. The van der Waals surface area contributed by atoms with Crippen LogP contribution in [0.25, 0.3) is 27.7 Å². The number of allylic oxidation sites excluding steroid dienone is 1. The van der Waals surface area contributed by atoms with Gasteiger partial charge in [0.2, 0.25) is 5.91 Å². The average Bonchev–Trinajstić information content (AvgIpc) is 3.15. The first kappa shape index (κ1) is 20.5. The lowest BCUT2D eigenvalue weighted by Gasteiger charge is -2.10. The van der Waals surface area contributed by atoms with Crippen molar-refractivity contribution in [1.82, 2.24) is 5.32 Å². The Morgan fingerprint density at radius 2 is 1.90 bits per heavy atom. The second kappa shape index (κ2) is 9.32. The molecule has 0 aliphatic rings. The van der Waals surface area contributed by atoms with E-state index >= 15 is 0 Å². The highest BCUT2D eigenvalue weighted by Crippen LogP contribution is 2.37. The Hall–Kier alpha value is -3.21. The topological polar surface area (TPSA) is 60.7 Å². The van der Waals surface area contributed by atoms with Gasteiger partial charge in [-0.1, -0.05) is 25.5 Å². The molecule has 0 saturated heterocycles. The van der Waals surface area contributed by atoms with Gasteiger partial charge in [-0.25, -0.2) is 0 Å². The summed E-state index contributed by atoms with van der Waals surface area (Å²) in [4.78, 5) is 12.2. The third kappa shape index (κ3) is 4.62. The summed E-state index contributed by atoms with van der Waals surface area (Å²) < 4.78 is 16.6. The molecule has 5 nitrogen and oxygen atoms in total. The first-order chi connectivity index (χ1) is 14.1. The summed E-state index contributed by atoms with van der Waals surface area (Å²) >= 11 is 0. The molecule has 0 fully saturated rings. The van der Waals surface area contributed by atoms with Gasteiger partial charge in [-0.3, -0.25) is 4.79 Å². The van der Waals surface area contributed by atoms with Crippen molar-refractivity contribution in [3.63, 3.8) is 0 Å². The van der Waals surface area contributed by atoms with Gasteiger partial charge in [0.25, 0.3) is 0 Å². The van der Waals surface area contributed by atoms with E-state index in [0.29, 0.717) is 12.3 Å². The Balaban J connectivity index is 1.99. The van der Waals surface area contributed by atoms with E-state index in [1.165, 1.54) is 0 Å². The van der Waals surface area contributed by atoms with Crippen molar-refractivity contribution in [2.24, 2.45) is 0 Å². The summed E-state index contributed by atoms with van der Waals surface area (Å²) in [6.45, 7) is 4.69. The van der Waals surface area contributed by atoms with Gasteiger partial charge in [0.1, 0.15) is 17.1 Å². The standard InChI is InChI=1S/C24H27NO4/c1-5-6-11-25-24(26)12-16(2)19-13-20-21(15-29-23(20)14-22(19)28-4)17-7-9-18(27-3)10-8-17/h7-10,12-15H,5-6,11H2,1-4H3,(H,25,26)/b16-12+. The van der Waals surface area contributed by atoms with Gasteiger partial charge < -0.3 is 19.2 Å². The molecule has 3 rings (SSSR count). The largest absolute Gasteiger partial charge is 0.497 e. The smallest absolute Gasteiger partial charge is 0.244 e. The summed E-state index contributed by atoms with van der Waals surface area (Å²) in [6.07, 6.45) is 5.37. The van der Waals surface area contributed by atoms with Crippen molar-refractivity contribution in [1.29, 1.82) is 0 Å². The highest BCUT2D eigenvalue weighted by atomic mass is 16.5. The zero-order valence-electron chi connectivity index (χ0n) is 17.4. The molecule has 0 unspecified atom stereocenters. The summed E-state index contributed by atoms with van der Waals surface area (Å²) in [7, 11) is 3.26. The van der Waals surface area contributed by atoms with E-state index in [1.807, 2.05) is 43.3 Å². The molecule has 1 heterocycles. The van der Waals surface area contributed by atoms with Crippen molar-refractivity contribution < 1.29 is 18.7 Å².